The Morgan fingerprint density at radius 1 is 0.900 bits per heavy atom. The fraction of sp³-hybridized carbons (Fsp3) is 0.360. The third-order valence-electron chi connectivity index (χ3n) is 5.85. The fourth-order valence-corrected chi connectivity index (χ4v) is 4.18. The zero-order valence-electron chi connectivity index (χ0n) is 17.1. The van der Waals surface area contributed by atoms with Gasteiger partial charge >= 0.3 is 0 Å². The van der Waals surface area contributed by atoms with Crippen LogP contribution < -0.4 is 4.74 Å². The van der Waals surface area contributed by atoms with Crippen molar-refractivity contribution in [2.75, 3.05) is 0 Å². The Bertz CT molecular complexity index is 927. The van der Waals surface area contributed by atoms with Crippen LogP contribution in [0.3, 0.4) is 0 Å². The van der Waals surface area contributed by atoms with Gasteiger partial charge in [0, 0.05) is 11.1 Å². The fourth-order valence-electron chi connectivity index (χ4n) is 4.18. The second-order valence-corrected chi connectivity index (χ2v) is 7.74. The Labute approximate surface area is 175 Å². The van der Waals surface area contributed by atoms with Gasteiger partial charge in [0.05, 0.1) is 6.26 Å². The van der Waals surface area contributed by atoms with Gasteiger partial charge in [-0.3, -0.25) is 0 Å². The molecule has 2 aromatic carbocycles. The van der Waals surface area contributed by atoms with Gasteiger partial charge in [-0.05, 0) is 75.0 Å². The minimum atomic E-state index is -1.27. The third kappa shape index (κ3) is 4.61. The topological polar surface area (TPSA) is 9.23 Å². The minimum absolute atomic E-state index is 0.0632. The Hall–Kier alpha value is -2.56. The highest BCUT2D eigenvalue weighted by Crippen LogP contribution is 2.40. The number of allylic oxidation sites excluding steroid dienone is 2. The van der Waals surface area contributed by atoms with E-state index in [-0.39, 0.29) is 22.8 Å². The molecule has 0 bridgehead atoms. The summed E-state index contributed by atoms with van der Waals surface area (Å²) in [4.78, 5) is 0. The van der Waals surface area contributed by atoms with Gasteiger partial charge in [0.15, 0.2) is 23.2 Å². The average Bonchev–Trinajstić information content (AvgIpc) is 2.76. The average molecular weight is 418 g/mol. The molecule has 0 heterocycles. The van der Waals surface area contributed by atoms with Crippen LogP contribution in [-0.2, 0) is 0 Å². The second kappa shape index (κ2) is 9.96. The molecule has 1 saturated carbocycles. The molecule has 2 aromatic rings. The lowest BCUT2D eigenvalue weighted by Crippen LogP contribution is -2.15. The largest absolute Gasteiger partial charge is 0.462 e. The molecule has 5 heteroatoms. The summed E-state index contributed by atoms with van der Waals surface area (Å²) >= 11 is 0. The summed E-state index contributed by atoms with van der Waals surface area (Å²) in [5.74, 6) is -4.44. The standard InChI is InChI=1S/C25H26F4O/c1-3-5-6-16-7-9-17(10-8-16)18-11-12-19(23(27)22(18)26)20-13-14-21(30-15-4-2)25(29)24(20)28/h3-4,11-17H,1,5-10H2,2H3. The van der Waals surface area contributed by atoms with Crippen molar-refractivity contribution in [1.29, 1.82) is 0 Å². The van der Waals surface area contributed by atoms with E-state index in [1.807, 2.05) is 6.08 Å². The van der Waals surface area contributed by atoms with Crippen LogP contribution in [0.5, 0.6) is 5.75 Å². The molecule has 0 N–H and O–H groups in total. The molecule has 0 spiro atoms. The van der Waals surface area contributed by atoms with E-state index in [2.05, 4.69) is 6.58 Å². The number of hydrogen-bond donors (Lipinski definition) is 0. The van der Waals surface area contributed by atoms with Crippen LogP contribution >= 0.6 is 0 Å². The number of rotatable bonds is 7. The van der Waals surface area contributed by atoms with Gasteiger partial charge in [-0.15, -0.1) is 6.58 Å². The lowest BCUT2D eigenvalue weighted by atomic mass is 9.77. The predicted molar refractivity (Wildman–Crippen MR) is 111 cm³/mol. The first kappa shape index (κ1) is 22.1. The Balaban J connectivity index is 1.84. The molecule has 1 nitrogen and oxygen atoms in total. The number of halogens is 4. The molecule has 0 atom stereocenters. The molecule has 160 valence electrons. The quantitative estimate of drug-likeness (QED) is 0.251. The van der Waals surface area contributed by atoms with Crippen molar-refractivity contribution in [2.45, 2.75) is 51.4 Å². The predicted octanol–water partition coefficient (Wildman–Crippen LogP) is 8.06. The third-order valence-corrected chi connectivity index (χ3v) is 5.85. The second-order valence-electron chi connectivity index (χ2n) is 7.74. The summed E-state index contributed by atoms with van der Waals surface area (Å²) < 4.78 is 63.4. The molecule has 0 aromatic heterocycles. The van der Waals surface area contributed by atoms with Crippen LogP contribution in [0.1, 0.15) is 56.9 Å². The molecule has 1 aliphatic carbocycles. The summed E-state index contributed by atoms with van der Waals surface area (Å²) in [7, 11) is 0. The van der Waals surface area contributed by atoms with Crippen molar-refractivity contribution >= 4 is 0 Å². The van der Waals surface area contributed by atoms with E-state index in [1.165, 1.54) is 36.6 Å². The number of hydrogen-bond acceptors (Lipinski definition) is 1. The zero-order valence-corrected chi connectivity index (χ0v) is 17.1. The molecule has 1 fully saturated rings. The van der Waals surface area contributed by atoms with Crippen molar-refractivity contribution in [3.8, 4) is 16.9 Å². The van der Waals surface area contributed by atoms with Crippen LogP contribution in [-0.4, -0.2) is 0 Å². The molecule has 0 saturated heterocycles. The monoisotopic (exact) mass is 418 g/mol. The van der Waals surface area contributed by atoms with E-state index < -0.39 is 23.3 Å². The maximum atomic E-state index is 14.9. The van der Waals surface area contributed by atoms with Gasteiger partial charge < -0.3 is 4.74 Å². The highest BCUT2D eigenvalue weighted by molar-refractivity contribution is 5.66. The van der Waals surface area contributed by atoms with Crippen LogP contribution in [0.15, 0.2) is 49.3 Å². The van der Waals surface area contributed by atoms with Crippen LogP contribution in [0.25, 0.3) is 11.1 Å². The molecular formula is C25H26F4O. The first-order valence-corrected chi connectivity index (χ1v) is 10.3. The van der Waals surface area contributed by atoms with Gasteiger partial charge in [-0.1, -0.05) is 24.3 Å². The van der Waals surface area contributed by atoms with Gasteiger partial charge in [0.1, 0.15) is 0 Å². The molecule has 30 heavy (non-hydrogen) atoms. The molecule has 0 aliphatic heterocycles. The molecule has 0 amide bonds. The van der Waals surface area contributed by atoms with Crippen LogP contribution in [0.2, 0.25) is 0 Å². The smallest absolute Gasteiger partial charge is 0.201 e. The molecule has 0 radical (unpaired) electrons. The first-order chi connectivity index (χ1) is 14.5. The van der Waals surface area contributed by atoms with Crippen molar-refractivity contribution < 1.29 is 22.3 Å². The first-order valence-electron chi connectivity index (χ1n) is 10.3. The van der Waals surface area contributed by atoms with E-state index in [9.17, 15) is 17.6 Å². The van der Waals surface area contributed by atoms with Crippen molar-refractivity contribution in [1.82, 2.24) is 0 Å². The maximum absolute atomic E-state index is 14.9. The molecule has 3 rings (SSSR count). The summed E-state index contributed by atoms with van der Waals surface area (Å²) in [5, 5.41) is 0. The van der Waals surface area contributed by atoms with E-state index in [0.717, 1.165) is 38.5 Å². The van der Waals surface area contributed by atoms with Gasteiger partial charge in [-0.2, -0.15) is 4.39 Å². The Morgan fingerprint density at radius 3 is 2.17 bits per heavy atom. The van der Waals surface area contributed by atoms with E-state index in [4.69, 9.17) is 4.74 Å². The van der Waals surface area contributed by atoms with E-state index in [1.54, 1.807) is 6.92 Å². The van der Waals surface area contributed by atoms with Crippen LogP contribution in [0, 0.1) is 29.2 Å². The molecular weight excluding hydrogens is 392 g/mol. The highest BCUT2D eigenvalue weighted by atomic mass is 19.2. The van der Waals surface area contributed by atoms with E-state index >= 15 is 0 Å². The number of ether oxygens (including phenoxy) is 1. The minimum Gasteiger partial charge on any atom is -0.462 e. The molecule has 0 unspecified atom stereocenters. The van der Waals surface area contributed by atoms with Gasteiger partial charge in [0.2, 0.25) is 5.82 Å². The van der Waals surface area contributed by atoms with Gasteiger partial charge in [-0.25, -0.2) is 13.2 Å². The number of benzene rings is 2. The summed E-state index contributed by atoms with van der Waals surface area (Å²) in [6.07, 6.45) is 10.2. The van der Waals surface area contributed by atoms with Crippen LogP contribution in [0.4, 0.5) is 17.6 Å². The SMILES string of the molecule is C=CCCC1CCC(c2ccc(-c3ccc(OC=CC)c(F)c3F)c(F)c2F)CC1. The normalized spacial score (nSPS) is 19.2. The molecule has 1 aliphatic rings. The van der Waals surface area contributed by atoms with Gasteiger partial charge in [0.25, 0.3) is 0 Å². The lowest BCUT2D eigenvalue weighted by molar-refractivity contribution is 0.306. The van der Waals surface area contributed by atoms with Crippen molar-refractivity contribution in [3.63, 3.8) is 0 Å². The Morgan fingerprint density at radius 2 is 1.53 bits per heavy atom. The summed E-state index contributed by atoms with van der Waals surface area (Å²) in [6, 6.07) is 5.23. The van der Waals surface area contributed by atoms with E-state index in [0.29, 0.717) is 11.5 Å². The highest BCUT2D eigenvalue weighted by Gasteiger charge is 2.27. The zero-order chi connectivity index (χ0) is 21.7. The van der Waals surface area contributed by atoms with Crippen molar-refractivity contribution in [3.05, 3.63) is 78.1 Å². The summed E-state index contributed by atoms with van der Waals surface area (Å²) in [5.41, 5.74) is -0.325. The van der Waals surface area contributed by atoms with Crippen molar-refractivity contribution in [2.24, 2.45) is 5.92 Å². The summed E-state index contributed by atoms with van der Waals surface area (Å²) in [6.45, 7) is 5.40. The maximum Gasteiger partial charge on any atom is 0.201 e. The Kier molecular flexibility index (Phi) is 7.35. The lowest BCUT2D eigenvalue weighted by Gasteiger charge is -2.29.